The van der Waals surface area contributed by atoms with Gasteiger partial charge in [0, 0.05) is 13.1 Å². The highest BCUT2D eigenvalue weighted by molar-refractivity contribution is 5.59. The number of anilines is 1. The highest BCUT2D eigenvalue weighted by Gasteiger charge is 2.36. The summed E-state index contributed by atoms with van der Waals surface area (Å²) < 4.78 is 5.45. The Morgan fingerprint density at radius 2 is 1.64 bits per heavy atom. The molecule has 1 aliphatic heterocycles. The molecular weight excluding hydrogens is 272 g/mol. The first-order chi connectivity index (χ1) is 10.8. The summed E-state index contributed by atoms with van der Waals surface area (Å²) >= 11 is 0. The number of hydrogen-bond acceptors (Lipinski definition) is 3. The van der Waals surface area contributed by atoms with Crippen molar-refractivity contribution >= 4 is 5.69 Å². The topological polar surface area (TPSA) is 36.3 Å². The van der Waals surface area contributed by atoms with E-state index in [1.165, 1.54) is 0 Å². The van der Waals surface area contributed by atoms with Gasteiger partial charge < -0.3 is 9.64 Å². The maximum Gasteiger partial charge on any atom is 0.142 e. The maximum absolute atomic E-state index is 9.76. The molecule has 0 aromatic heterocycles. The van der Waals surface area contributed by atoms with E-state index in [9.17, 15) is 5.26 Å². The van der Waals surface area contributed by atoms with Gasteiger partial charge in [-0.25, -0.2) is 0 Å². The van der Waals surface area contributed by atoms with Crippen molar-refractivity contribution in [2.45, 2.75) is 18.3 Å². The molecule has 1 heterocycles. The van der Waals surface area contributed by atoms with E-state index < -0.39 is 0 Å². The second-order valence-corrected chi connectivity index (χ2v) is 5.72. The van der Waals surface area contributed by atoms with Gasteiger partial charge in [0.1, 0.15) is 5.75 Å². The summed E-state index contributed by atoms with van der Waals surface area (Å²) in [4.78, 5) is 2.32. The lowest BCUT2D eigenvalue weighted by Gasteiger charge is -2.39. The lowest BCUT2D eigenvalue weighted by atomic mass is 9.74. The van der Waals surface area contributed by atoms with Crippen LogP contribution in [0.5, 0.6) is 5.75 Å². The fourth-order valence-electron chi connectivity index (χ4n) is 3.24. The Hall–Kier alpha value is -2.47. The van der Waals surface area contributed by atoms with Crippen molar-refractivity contribution < 1.29 is 4.74 Å². The second kappa shape index (κ2) is 6.11. The zero-order valence-electron chi connectivity index (χ0n) is 12.8. The Morgan fingerprint density at radius 3 is 2.27 bits per heavy atom. The number of piperidine rings is 1. The zero-order chi connectivity index (χ0) is 15.4. The molecule has 3 nitrogen and oxygen atoms in total. The van der Waals surface area contributed by atoms with Crippen LogP contribution in [0.4, 0.5) is 5.69 Å². The number of benzene rings is 2. The van der Waals surface area contributed by atoms with Gasteiger partial charge in [0.2, 0.25) is 0 Å². The third-order valence-electron chi connectivity index (χ3n) is 4.58. The highest BCUT2D eigenvalue weighted by Crippen LogP contribution is 2.38. The fraction of sp³-hybridized carbons (Fsp3) is 0.316. The Bertz CT molecular complexity index is 667. The van der Waals surface area contributed by atoms with Crippen LogP contribution in [-0.4, -0.2) is 20.2 Å². The molecule has 2 aromatic rings. The quantitative estimate of drug-likeness (QED) is 0.864. The molecule has 3 rings (SSSR count). The van der Waals surface area contributed by atoms with Crippen LogP contribution in [0.15, 0.2) is 54.6 Å². The van der Waals surface area contributed by atoms with Gasteiger partial charge in [-0.1, -0.05) is 42.5 Å². The van der Waals surface area contributed by atoms with Gasteiger partial charge in [-0.2, -0.15) is 5.26 Å². The number of nitriles is 1. The minimum atomic E-state index is -0.361. The molecule has 112 valence electrons. The molecule has 0 N–H and O–H groups in total. The van der Waals surface area contributed by atoms with Gasteiger partial charge in [-0.3, -0.25) is 0 Å². The number of methoxy groups -OCH3 is 1. The first-order valence-corrected chi connectivity index (χ1v) is 7.64. The highest BCUT2D eigenvalue weighted by atomic mass is 16.5. The standard InChI is InChI=1S/C19H20N2O/c1-22-18-10-6-5-9-17(18)21-13-11-19(15-20,12-14-21)16-7-3-2-4-8-16/h2-10H,11-14H2,1H3. The molecular formula is C19H20N2O. The zero-order valence-corrected chi connectivity index (χ0v) is 12.8. The number of nitrogens with zero attached hydrogens (tertiary/aromatic N) is 2. The summed E-state index contributed by atoms with van der Waals surface area (Å²) in [6.07, 6.45) is 1.68. The number of rotatable bonds is 3. The Morgan fingerprint density at radius 1 is 1.00 bits per heavy atom. The molecule has 1 aliphatic rings. The molecule has 1 saturated heterocycles. The summed E-state index contributed by atoms with van der Waals surface area (Å²) in [6.45, 7) is 1.73. The molecule has 0 radical (unpaired) electrons. The average molecular weight is 292 g/mol. The molecule has 0 unspecified atom stereocenters. The molecule has 0 atom stereocenters. The normalized spacial score (nSPS) is 16.8. The smallest absolute Gasteiger partial charge is 0.142 e. The predicted octanol–water partition coefficient (Wildman–Crippen LogP) is 3.76. The summed E-state index contributed by atoms with van der Waals surface area (Å²) in [5, 5.41) is 9.76. The molecule has 3 heteroatoms. The maximum atomic E-state index is 9.76. The van der Waals surface area contributed by atoms with E-state index in [1.807, 2.05) is 36.4 Å². The third-order valence-corrected chi connectivity index (χ3v) is 4.58. The summed E-state index contributed by atoms with van der Waals surface area (Å²) in [5.41, 5.74) is 1.89. The lowest BCUT2D eigenvalue weighted by molar-refractivity contribution is 0.396. The molecule has 0 spiro atoms. The van der Waals surface area contributed by atoms with E-state index in [0.29, 0.717) is 0 Å². The van der Waals surface area contributed by atoms with Gasteiger partial charge in [0.05, 0.1) is 24.3 Å². The number of ether oxygens (including phenoxy) is 1. The summed E-state index contributed by atoms with van der Waals surface area (Å²) in [7, 11) is 1.70. The van der Waals surface area contributed by atoms with E-state index in [1.54, 1.807) is 7.11 Å². The van der Waals surface area contributed by atoms with Crippen LogP contribution in [0.3, 0.4) is 0 Å². The first kappa shape index (κ1) is 14.5. The van der Waals surface area contributed by atoms with Gasteiger partial charge in [-0.15, -0.1) is 0 Å². The monoisotopic (exact) mass is 292 g/mol. The second-order valence-electron chi connectivity index (χ2n) is 5.72. The van der Waals surface area contributed by atoms with Crippen molar-refractivity contribution in [1.82, 2.24) is 0 Å². The van der Waals surface area contributed by atoms with Crippen LogP contribution < -0.4 is 9.64 Å². The van der Waals surface area contributed by atoms with E-state index in [0.717, 1.165) is 42.9 Å². The van der Waals surface area contributed by atoms with Crippen LogP contribution in [-0.2, 0) is 5.41 Å². The lowest BCUT2D eigenvalue weighted by Crippen LogP contribution is -2.42. The van der Waals surface area contributed by atoms with Crippen LogP contribution in [0.2, 0.25) is 0 Å². The van der Waals surface area contributed by atoms with Crippen LogP contribution in [0.25, 0.3) is 0 Å². The predicted molar refractivity (Wildman–Crippen MR) is 88.2 cm³/mol. The molecule has 0 amide bonds. The van der Waals surface area contributed by atoms with Crippen molar-refractivity contribution in [3.8, 4) is 11.8 Å². The fourth-order valence-corrected chi connectivity index (χ4v) is 3.24. The van der Waals surface area contributed by atoms with Gasteiger partial charge in [-0.05, 0) is 30.5 Å². The van der Waals surface area contributed by atoms with E-state index in [-0.39, 0.29) is 5.41 Å². The van der Waals surface area contributed by atoms with E-state index in [4.69, 9.17) is 4.74 Å². The number of hydrogen-bond donors (Lipinski definition) is 0. The molecule has 2 aromatic carbocycles. The largest absolute Gasteiger partial charge is 0.495 e. The van der Waals surface area contributed by atoms with Crippen molar-refractivity contribution in [3.05, 3.63) is 60.2 Å². The summed E-state index contributed by atoms with van der Waals surface area (Å²) in [5.74, 6) is 0.895. The molecule has 22 heavy (non-hydrogen) atoms. The molecule has 0 bridgehead atoms. The van der Waals surface area contributed by atoms with E-state index in [2.05, 4.69) is 29.2 Å². The average Bonchev–Trinajstić information content (AvgIpc) is 2.62. The molecule has 0 saturated carbocycles. The van der Waals surface area contributed by atoms with Crippen molar-refractivity contribution in [2.75, 3.05) is 25.1 Å². The third kappa shape index (κ3) is 2.53. The van der Waals surface area contributed by atoms with Gasteiger partial charge in [0.25, 0.3) is 0 Å². The van der Waals surface area contributed by atoms with Crippen molar-refractivity contribution in [3.63, 3.8) is 0 Å². The van der Waals surface area contributed by atoms with Crippen molar-refractivity contribution in [1.29, 1.82) is 5.26 Å². The Balaban J connectivity index is 1.81. The minimum Gasteiger partial charge on any atom is -0.495 e. The molecule has 1 fully saturated rings. The van der Waals surface area contributed by atoms with Gasteiger partial charge in [0.15, 0.2) is 0 Å². The SMILES string of the molecule is COc1ccccc1N1CCC(C#N)(c2ccccc2)CC1. The van der Waals surface area contributed by atoms with E-state index >= 15 is 0 Å². The number of para-hydroxylation sites is 2. The Labute approximate surface area is 131 Å². The van der Waals surface area contributed by atoms with Crippen LogP contribution in [0, 0.1) is 11.3 Å². The molecule has 0 aliphatic carbocycles. The van der Waals surface area contributed by atoms with Crippen LogP contribution in [0.1, 0.15) is 18.4 Å². The first-order valence-electron chi connectivity index (χ1n) is 7.64. The summed E-state index contributed by atoms with van der Waals surface area (Å²) in [6, 6.07) is 20.8. The van der Waals surface area contributed by atoms with Crippen LogP contribution >= 0.6 is 0 Å². The van der Waals surface area contributed by atoms with Gasteiger partial charge >= 0.3 is 0 Å². The minimum absolute atomic E-state index is 0.361. The Kier molecular flexibility index (Phi) is 4.02. The van der Waals surface area contributed by atoms with Crippen molar-refractivity contribution in [2.24, 2.45) is 0 Å².